The smallest absolute Gasteiger partial charge is 0.250 e. The van der Waals surface area contributed by atoms with Crippen LogP contribution in [-0.2, 0) is 9.63 Å². The van der Waals surface area contributed by atoms with Gasteiger partial charge in [-0.05, 0) is 28.7 Å². The average molecular weight is 327 g/mol. The van der Waals surface area contributed by atoms with Crippen LogP contribution < -0.4 is 0 Å². The van der Waals surface area contributed by atoms with Gasteiger partial charge in [0.25, 0.3) is 0 Å². The Hall–Kier alpha value is -2.20. The average Bonchev–Trinajstić information content (AvgIpc) is 3.16. The van der Waals surface area contributed by atoms with Crippen LogP contribution in [0.25, 0.3) is 11.1 Å². The number of hydroxylamine groups is 2. The fourth-order valence-electron chi connectivity index (χ4n) is 3.58. The second-order valence-corrected chi connectivity index (χ2v) is 6.90. The number of hydrogen-bond acceptors (Lipinski definition) is 2. The van der Waals surface area contributed by atoms with E-state index in [0.29, 0.717) is 5.56 Å². The third kappa shape index (κ3) is 2.71. The summed E-state index contributed by atoms with van der Waals surface area (Å²) in [5.74, 6) is -0.388. The van der Waals surface area contributed by atoms with E-state index in [1.165, 1.54) is 18.2 Å². The third-order valence-corrected chi connectivity index (χ3v) is 5.11. The van der Waals surface area contributed by atoms with E-state index < -0.39 is 0 Å². The van der Waals surface area contributed by atoms with Crippen molar-refractivity contribution in [3.63, 3.8) is 0 Å². The Balaban J connectivity index is 1.95. The molecule has 3 nitrogen and oxygen atoms in total. The Morgan fingerprint density at radius 1 is 1.17 bits per heavy atom. The van der Waals surface area contributed by atoms with Gasteiger partial charge in [-0.1, -0.05) is 50.2 Å². The molecule has 0 spiro atoms. The molecule has 1 saturated carbocycles. The predicted molar refractivity (Wildman–Crippen MR) is 91.6 cm³/mol. The summed E-state index contributed by atoms with van der Waals surface area (Å²) < 4.78 is 14.3. The van der Waals surface area contributed by atoms with E-state index in [1.54, 1.807) is 13.1 Å². The molecule has 3 rings (SSSR count). The lowest BCUT2D eigenvalue weighted by atomic mass is 9.97. The van der Waals surface area contributed by atoms with Crippen LogP contribution in [0.1, 0.15) is 25.3 Å². The number of carbonyl (C=O) groups excluding carboxylic acids is 1. The van der Waals surface area contributed by atoms with E-state index in [2.05, 4.69) is 13.8 Å². The minimum atomic E-state index is -0.250. The minimum Gasteiger partial charge on any atom is -0.275 e. The summed E-state index contributed by atoms with van der Waals surface area (Å²) in [4.78, 5) is 17.5. The molecule has 0 saturated heterocycles. The zero-order valence-corrected chi connectivity index (χ0v) is 14.4. The van der Waals surface area contributed by atoms with Crippen molar-refractivity contribution in [2.75, 3.05) is 14.2 Å². The summed E-state index contributed by atoms with van der Waals surface area (Å²) in [6.45, 7) is 4.13. The van der Waals surface area contributed by atoms with Gasteiger partial charge in [-0.2, -0.15) is 0 Å². The van der Waals surface area contributed by atoms with Crippen LogP contribution in [-0.4, -0.2) is 25.1 Å². The molecule has 2 unspecified atom stereocenters. The highest BCUT2D eigenvalue weighted by Crippen LogP contribution is 2.65. The fraction of sp³-hybridized carbons (Fsp3) is 0.350. The number of amides is 1. The number of nitrogens with zero attached hydrogens (tertiary/aromatic N) is 1. The summed E-state index contributed by atoms with van der Waals surface area (Å²) in [6.07, 6.45) is 0. The summed E-state index contributed by atoms with van der Waals surface area (Å²) in [5.41, 5.74) is 2.23. The maximum Gasteiger partial charge on any atom is 0.250 e. The van der Waals surface area contributed by atoms with Crippen molar-refractivity contribution in [1.82, 2.24) is 5.06 Å². The van der Waals surface area contributed by atoms with Gasteiger partial charge in [0.1, 0.15) is 5.82 Å². The van der Waals surface area contributed by atoms with Crippen molar-refractivity contribution in [3.8, 4) is 11.1 Å². The maximum atomic E-state index is 14.3. The molecule has 0 N–H and O–H groups in total. The molecule has 2 aromatic rings. The Morgan fingerprint density at radius 3 is 2.46 bits per heavy atom. The number of halogens is 1. The molecule has 1 aliphatic carbocycles. The van der Waals surface area contributed by atoms with Gasteiger partial charge < -0.3 is 0 Å². The lowest BCUT2D eigenvalue weighted by Crippen LogP contribution is -2.28. The first-order valence-electron chi connectivity index (χ1n) is 8.04. The van der Waals surface area contributed by atoms with Crippen molar-refractivity contribution in [2.24, 2.45) is 11.3 Å². The van der Waals surface area contributed by atoms with Crippen LogP contribution in [0.4, 0.5) is 4.39 Å². The first kappa shape index (κ1) is 16.7. The first-order valence-corrected chi connectivity index (χ1v) is 8.04. The van der Waals surface area contributed by atoms with E-state index in [9.17, 15) is 9.18 Å². The molecule has 24 heavy (non-hydrogen) atoms. The molecular formula is C20H22FNO2. The van der Waals surface area contributed by atoms with Gasteiger partial charge in [-0.25, -0.2) is 9.45 Å². The van der Waals surface area contributed by atoms with Gasteiger partial charge in [-0.3, -0.25) is 9.63 Å². The predicted octanol–water partition coefficient (Wildman–Crippen LogP) is 4.25. The summed E-state index contributed by atoms with van der Waals surface area (Å²) in [7, 11) is 3.10. The van der Waals surface area contributed by atoms with Gasteiger partial charge in [0.05, 0.1) is 13.0 Å². The maximum absolute atomic E-state index is 14.3. The number of benzene rings is 2. The van der Waals surface area contributed by atoms with E-state index in [1.807, 2.05) is 36.4 Å². The molecule has 1 amide bonds. The van der Waals surface area contributed by atoms with Crippen molar-refractivity contribution in [3.05, 3.63) is 59.9 Å². The second-order valence-electron chi connectivity index (χ2n) is 6.90. The molecule has 4 heteroatoms. The van der Waals surface area contributed by atoms with Crippen molar-refractivity contribution < 1.29 is 14.0 Å². The van der Waals surface area contributed by atoms with E-state index in [0.717, 1.165) is 11.1 Å². The Labute approximate surface area is 142 Å². The molecule has 0 heterocycles. The van der Waals surface area contributed by atoms with Crippen LogP contribution in [0, 0.1) is 17.2 Å². The fourth-order valence-corrected chi connectivity index (χ4v) is 3.58. The zero-order valence-electron chi connectivity index (χ0n) is 14.4. The largest absolute Gasteiger partial charge is 0.275 e. The van der Waals surface area contributed by atoms with E-state index >= 15 is 0 Å². The standard InChI is InChI=1S/C20H22FNO2/c1-20(2)17(18(20)19(23)22(3)24-4)14-10-11-16(21)15(12-14)13-8-6-5-7-9-13/h5-12,17-18H,1-4H3. The van der Waals surface area contributed by atoms with Crippen LogP contribution in [0.2, 0.25) is 0 Å². The molecule has 1 aliphatic rings. The van der Waals surface area contributed by atoms with Crippen LogP contribution in [0.5, 0.6) is 0 Å². The summed E-state index contributed by atoms with van der Waals surface area (Å²) in [5, 5.41) is 1.27. The normalized spacial score (nSPS) is 21.4. The zero-order chi connectivity index (χ0) is 17.5. The molecule has 0 aromatic heterocycles. The molecule has 1 fully saturated rings. The molecule has 126 valence electrons. The lowest BCUT2D eigenvalue weighted by Gasteiger charge is -2.14. The van der Waals surface area contributed by atoms with Gasteiger partial charge in [0, 0.05) is 18.5 Å². The van der Waals surface area contributed by atoms with Gasteiger partial charge in [-0.15, -0.1) is 0 Å². The number of hydrogen-bond donors (Lipinski definition) is 0. The highest BCUT2D eigenvalue weighted by molar-refractivity contribution is 5.84. The SMILES string of the molecule is CON(C)C(=O)C1C(c2ccc(F)c(-c3ccccc3)c2)C1(C)C. The topological polar surface area (TPSA) is 29.5 Å². The Kier molecular flexibility index (Phi) is 4.18. The van der Waals surface area contributed by atoms with Crippen LogP contribution in [0.15, 0.2) is 48.5 Å². The highest BCUT2D eigenvalue weighted by Gasteiger charge is 2.63. The number of carbonyl (C=O) groups is 1. The minimum absolute atomic E-state index is 0.0434. The van der Waals surface area contributed by atoms with Gasteiger partial charge >= 0.3 is 0 Å². The molecular weight excluding hydrogens is 305 g/mol. The van der Waals surface area contributed by atoms with Gasteiger partial charge in [0.15, 0.2) is 0 Å². The van der Waals surface area contributed by atoms with Crippen molar-refractivity contribution >= 4 is 5.91 Å². The van der Waals surface area contributed by atoms with Crippen LogP contribution in [0.3, 0.4) is 0 Å². The number of rotatable bonds is 4. The molecule has 0 bridgehead atoms. The third-order valence-electron chi connectivity index (χ3n) is 5.11. The van der Waals surface area contributed by atoms with E-state index in [-0.39, 0.29) is 29.0 Å². The van der Waals surface area contributed by atoms with Crippen LogP contribution >= 0.6 is 0 Å². The quantitative estimate of drug-likeness (QED) is 0.786. The second kappa shape index (κ2) is 6.02. The molecule has 0 aliphatic heterocycles. The van der Waals surface area contributed by atoms with Crippen molar-refractivity contribution in [2.45, 2.75) is 19.8 Å². The first-order chi connectivity index (χ1) is 11.4. The Bertz CT molecular complexity index is 757. The lowest BCUT2D eigenvalue weighted by molar-refractivity contribution is -0.171. The monoisotopic (exact) mass is 327 g/mol. The summed E-state index contributed by atoms with van der Waals surface area (Å²) >= 11 is 0. The molecule has 2 aromatic carbocycles. The van der Waals surface area contributed by atoms with Crippen molar-refractivity contribution in [1.29, 1.82) is 0 Å². The van der Waals surface area contributed by atoms with E-state index in [4.69, 9.17) is 4.84 Å². The Morgan fingerprint density at radius 2 is 1.83 bits per heavy atom. The molecule has 0 radical (unpaired) electrons. The highest BCUT2D eigenvalue weighted by atomic mass is 19.1. The molecule has 2 atom stereocenters. The summed E-state index contributed by atoms with van der Waals surface area (Å²) in [6, 6.07) is 14.6. The van der Waals surface area contributed by atoms with Gasteiger partial charge in [0.2, 0.25) is 5.91 Å².